The second kappa shape index (κ2) is 7.66. The maximum atomic E-state index is 12.2. The minimum atomic E-state index is -0.190. The third kappa shape index (κ3) is 4.08. The van der Waals surface area contributed by atoms with Crippen LogP contribution in [0.4, 0.5) is 5.69 Å². The van der Waals surface area contributed by atoms with Crippen LogP contribution < -0.4 is 10.1 Å². The smallest absolute Gasteiger partial charge is 0.264 e. The van der Waals surface area contributed by atoms with Crippen molar-refractivity contribution in [1.82, 2.24) is 5.32 Å². The number of hydrogen-bond donors (Lipinski definition) is 2. The lowest BCUT2D eigenvalue weighted by Crippen LogP contribution is -2.19. The summed E-state index contributed by atoms with van der Waals surface area (Å²) in [5.74, 6) is 0.286. The molecule has 1 heterocycles. The average Bonchev–Trinajstić information content (AvgIpc) is 2.93. The Morgan fingerprint density at radius 3 is 2.77 bits per heavy atom. The molecule has 1 aliphatic heterocycles. The molecule has 1 saturated heterocycles. The maximum Gasteiger partial charge on any atom is 0.264 e. The normalized spacial score (nSPS) is 17.0. The number of rotatable bonds is 4. The molecule has 5 nitrogen and oxygen atoms in total. The number of nitrogens with zero attached hydrogens (tertiary/aromatic N) is 1. The van der Waals surface area contributed by atoms with Crippen molar-refractivity contribution < 1.29 is 14.6 Å². The van der Waals surface area contributed by atoms with Gasteiger partial charge in [0.1, 0.15) is 0 Å². The first-order valence-electron chi connectivity index (χ1n) is 8.29. The molecule has 0 atom stereocenters. The van der Waals surface area contributed by atoms with Crippen LogP contribution in [0, 0.1) is 13.8 Å². The van der Waals surface area contributed by atoms with Gasteiger partial charge in [0.05, 0.1) is 17.2 Å². The van der Waals surface area contributed by atoms with Crippen LogP contribution in [0.1, 0.15) is 23.6 Å². The zero-order chi connectivity index (χ0) is 18.7. The van der Waals surface area contributed by atoms with Crippen LogP contribution in [0.15, 0.2) is 46.3 Å². The number of benzene rings is 2. The number of thioether (sulfide) groups is 1. The lowest BCUT2D eigenvalue weighted by atomic mass is 10.1. The van der Waals surface area contributed by atoms with E-state index in [0.717, 1.165) is 16.8 Å². The fourth-order valence-corrected chi connectivity index (χ4v) is 3.40. The number of aryl methyl sites for hydroxylation is 2. The summed E-state index contributed by atoms with van der Waals surface area (Å²) in [5, 5.41) is 13.1. The third-order valence-electron chi connectivity index (χ3n) is 3.81. The van der Waals surface area contributed by atoms with Crippen molar-refractivity contribution in [2.75, 3.05) is 6.61 Å². The second-order valence-electron chi connectivity index (χ2n) is 5.93. The van der Waals surface area contributed by atoms with Crippen molar-refractivity contribution in [3.8, 4) is 11.5 Å². The van der Waals surface area contributed by atoms with Gasteiger partial charge in [-0.3, -0.25) is 4.79 Å². The minimum Gasteiger partial charge on any atom is -0.504 e. The molecular weight excluding hydrogens is 348 g/mol. The van der Waals surface area contributed by atoms with E-state index < -0.39 is 0 Å². The largest absolute Gasteiger partial charge is 0.504 e. The van der Waals surface area contributed by atoms with Crippen molar-refractivity contribution >= 4 is 34.6 Å². The van der Waals surface area contributed by atoms with Crippen LogP contribution in [0.2, 0.25) is 0 Å². The number of phenolic OH excluding ortho intramolecular Hbond substituents is 1. The van der Waals surface area contributed by atoms with E-state index >= 15 is 0 Å². The van der Waals surface area contributed by atoms with Gasteiger partial charge in [0.25, 0.3) is 5.91 Å². The number of carbonyl (C=O) groups is 1. The fourth-order valence-electron chi connectivity index (χ4n) is 2.56. The number of amides is 1. The van der Waals surface area contributed by atoms with Crippen molar-refractivity contribution in [3.63, 3.8) is 0 Å². The van der Waals surface area contributed by atoms with E-state index in [9.17, 15) is 9.90 Å². The van der Waals surface area contributed by atoms with Gasteiger partial charge in [0, 0.05) is 0 Å². The number of carbonyl (C=O) groups excluding carboxylic acids is 1. The highest BCUT2D eigenvalue weighted by molar-refractivity contribution is 8.18. The van der Waals surface area contributed by atoms with Crippen LogP contribution in [-0.2, 0) is 4.79 Å². The molecule has 0 unspecified atom stereocenters. The van der Waals surface area contributed by atoms with Gasteiger partial charge in [-0.25, -0.2) is 4.99 Å². The summed E-state index contributed by atoms with van der Waals surface area (Å²) in [6.07, 6.45) is 1.76. The molecule has 1 fully saturated rings. The molecular formula is C20H20N2O3S. The zero-order valence-electron chi connectivity index (χ0n) is 14.9. The molecule has 1 aliphatic rings. The highest BCUT2D eigenvalue weighted by Gasteiger charge is 2.24. The van der Waals surface area contributed by atoms with Crippen molar-refractivity contribution in [3.05, 3.63) is 58.0 Å². The third-order valence-corrected chi connectivity index (χ3v) is 4.72. The highest BCUT2D eigenvalue weighted by atomic mass is 32.2. The van der Waals surface area contributed by atoms with E-state index in [2.05, 4.69) is 16.4 Å². The molecule has 134 valence electrons. The number of hydrogen-bond acceptors (Lipinski definition) is 5. The van der Waals surface area contributed by atoms with Crippen molar-refractivity contribution in [2.24, 2.45) is 4.99 Å². The first-order valence-corrected chi connectivity index (χ1v) is 9.10. The van der Waals surface area contributed by atoms with Gasteiger partial charge < -0.3 is 15.2 Å². The van der Waals surface area contributed by atoms with E-state index in [1.54, 1.807) is 24.3 Å². The van der Waals surface area contributed by atoms with Crippen LogP contribution in [0.25, 0.3) is 6.08 Å². The Bertz CT molecular complexity index is 919. The maximum absolute atomic E-state index is 12.2. The van der Waals surface area contributed by atoms with Gasteiger partial charge in [0.15, 0.2) is 16.7 Å². The number of nitrogens with one attached hydrogen (secondary N) is 1. The number of amidine groups is 1. The molecule has 0 bridgehead atoms. The number of phenols is 1. The topological polar surface area (TPSA) is 70.9 Å². The van der Waals surface area contributed by atoms with E-state index in [4.69, 9.17) is 4.74 Å². The van der Waals surface area contributed by atoms with E-state index in [1.165, 1.54) is 17.3 Å². The molecule has 1 amide bonds. The first-order chi connectivity index (χ1) is 12.5. The molecule has 3 rings (SSSR count). The van der Waals surface area contributed by atoms with E-state index in [-0.39, 0.29) is 11.7 Å². The summed E-state index contributed by atoms with van der Waals surface area (Å²) < 4.78 is 5.38. The molecule has 0 aliphatic carbocycles. The Labute approximate surface area is 156 Å². The van der Waals surface area contributed by atoms with Gasteiger partial charge in [-0.2, -0.15) is 0 Å². The van der Waals surface area contributed by atoms with Crippen LogP contribution in [0.5, 0.6) is 11.5 Å². The lowest BCUT2D eigenvalue weighted by molar-refractivity contribution is -0.115. The fraction of sp³-hybridized carbons (Fsp3) is 0.200. The highest BCUT2D eigenvalue weighted by Crippen LogP contribution is 2.32. The summed E-state index contributed by atoms with van der Waals surface area (Å²) in [7, 11) is 0. The SMILES string of the molecule is CCOc1cc(C=C2SC(=Nc3ccc(C)cc3C)NC2=O)ccc1O. The predicted molar refractivity (Wildman–Crippen MR) is 106 cm³/mol. The Hall–Kier alpha value is -2.73. The minimum absolute atomic E-state index is 0.0784. The Morgan fingerprint density at radius 1 is 1.23 bits per heavy atom. The zero-order valence-corrected chi connectivity index (χ0v) is 15.7. The first kappa shape index (κ1) is 18.1. The molecule has 2 aromatic carbocycles. The number of aromatic hydroxyl groups is 1. The molecule has 6 heteroatoms. The summed E-state index contributed by atoms with van der Waals surface area (Å²) >= 11 is 1.29. The Morgan fingerprint density at radius 2 is 2.04 bits per heavy atom. The average molecular weight is 368 g/mol. The Balaban J connectivity index is 1.84. The van der Waals surface area contributed by atoms with Crippen LogP contribution >= 0.6 is 11.8 Å². The van der Waals surface area contributed by atoms with Gasteiger partial charge in [-0.1, -0.05) is 23.8 Å². The van der Waals surface area contributed by atoms with Gasteiger partial charge >= 0.3 is 0 Å². The number of ether oxygens (including phenoxy) is 1. The van der Waals surface area contributed by atoms with Gasteiger partial charge in [-0.15, -0.1) is 0 Å². The van der Waals surface area contributed by atoms with Crippen LogP contribution in [-0.4, -0.2) is 22.8 Å². The van der Waals surface area contributed by atoms with E-state index in [0.29, 0.717) is 22.4 Å². The Kier molecular flexibility index (Phi) is 5.32. The van der Waals surface area contributed by atoms with Gasteiger partial charge in [0.2, 0.25) is 0 Å². The molecule has 2 N–H and O–H groups in total. The summed E-state index contributed by atoms with van der Waals surface area (Å²) in [6, 6.07) is 11.0. The van der Waals surface area contributed by atoms with Crippen molar-refractivity contribution in [1.29, 1.82) is 0 Å². The standard InChI is InChI=1S/C20H20N2O3S/c1-4-25-17-10-14(6-8-16(17)23)11-18-19(24)22-20(26-18)21-15-7-5-12(2)9-13(15)3/h5-11,23H,4H2,1-3H3,(H,21,22,24). The molecule has 2 aromatic rings. The molecule has 0 aromatic heterocycles. The quantitative estimate of drug-likeness (QED) is 0.790. The van der Waals surface area contributed by atoms with Crippen molar-refractivity contribution in [2.45, 2.75) is 20.8 Å². The molecule has 26 heavy (non-hydrogen) atoms. The summed E-state index contributed by atoms with van der Waals surface area (Å²) in [6.45, 7) is 6.33. The van der Waals surface area contributed by atoms with Gasteiger partial charge in [-0.05, 0) is 67.9 Å². The summed E-state index contributed by atoms with van der Waals surface area (Å²) in [5.41, 5.74) is 3.84. The molecule has 0 saturated carbocycles. The van der Waals surface area contributed by atoms with E-state index in [1.807, 2.05) is 32.9 Å². The molecule has 0 spiro atoms. The van der Waals surface area contributed by atoms with Crippen LogP contribution in [0.3, 0.4) is 0 Å². The second-order valence-corrected chi connectivity index (χ2v) is 6.96. The lowest BCUT2D eigenvalue weighted by Gasteiger charge is -2.06. The summed E-state index contributed by atoms with van der Waals surface area (Å²) in [4.78, 5) is 17.3. The molecule has 0 radical (unpaired) electrons. The predicted octanol–water partition coefficient (Wildman–Crippen LogP) is 4.30. The number of aliphatic imine (C=N–C) groups is 1. The monoisotopic (exact) mass is 368 g/mol.